The van der Waals surface area contributed by atoms with Crippen molar-refractivity contribution in [3.8, 4) is 5.75 Å². The first-order chi connectivity index (χ1) is 12.0. The van der Waals surface area contributed by atoms with Gasteiger partial charge in [-0.25, -0.2) is 4.79 Å². The molecule has 6 nitrogen and oxygen atoms in total. The van der Waals surface area contributed by atoms with Gasteiger partial charge in [-0.2, -0.15) is 0 Å². The molecule has 0 unspecified atom stereocenters. The Morgan fingerprint density at radius 3 is 2.08 bits per heavy atom. The van der Waals surface area contributed by atoms with E-state index < -0.39 is 19.7 Å². The molecule has 1 atom stereocenters. The van der Waals surface area contributed by atoms with Crippen LogP contribution in [-0.4, -0.2) is 33.5 Å². The highest BCUT2D eigenvalue weighted by Crippen LogP contribution is 2.50. The molecule has 0 aromatic heterocycles. The van der Waals surface area contributed by atoms with Crippen molar-refractivity contribution < 1.29 is 27.9 Å². The Kier molecular flexibility index (Phi) is 6.76. The molecule has 0 fully saturated rings. The fourth-order valence-corrected chi connectivity index (χ4v) is 3.37. The normalized spacial score (nSPS) is 12.4. The van der Waals surface area contributed by atoms with Crippen LogP contribution in [0, 0.1) is 0 Å². The molecule has 0 spiro atoms. The third-order valence-electron chi connectivity index (χ3n) is 3.69. The van der Waals surface area contributed by atoms with Crippen molar-refractivity contribution in [1.82, 2.24) is 0 Å². The summed E-state index contributed by atoms with van der Waals surface area (Å²) in [6.45, 7) is 0. The summed E-state index contributed by atoms with van der Waals surface area (Å²) in [7, 11) is 0.784. The van der Waals surface area contributed by atoms with E-state index in [1.165, 1.54) is 14.2 Å². The quantitative estimate of drug-likeness (QED) is 0.519. The Bertz CT molecular complexity index is 721. The second kappa shape index (κ2) is 8.81. The standard InChI is InChI=1S/C18H21O6P/c1-21-16-11-9-14(10-12-16)17(13-25(20,22-2)23-3)24-18(19)15-7-5-4-6-8-15/h4-12,17H,13H2,1-3H3/t17-/m0/s1. The minimum atomic E-state index is -3.38. The highest BCUT2D eigenvalue weighted by Gasteiger charge is 2.30. The highest BCUT2D eigenvalue weighted by atomic mass is 31.2. The third-order valence-corrected chi connectivity index (χ3v) is 5.58. The van der Waals surface area contributed by atoms with Crippen molar-refractivity contribution in [2.45, 2.75) is 6.10 Å². The average molecular weight is 364 g/mol. The Morgan fingerprint density at radius 2 is 1.56 bits per heavy atom. The maximum atomic E-state index is 12.5. The van der Waals surface area contributed by atoms with Gasteiger partial charge in [-0.3, -0.25) is 4.57 Å². The van der Waals surface area contributed by atoms with E-state index in [0.29, 0.717) is 16.9 Å². The van der Waals surface area contributed by atoms with Crippen molar-refractivity contribution in [2.24, 2.45) is 0 Å². The zero-order valence-corrected chi connectivity index (χ0v) is 15.3. The number of hydrogen-bond acceptors (Lipinski definition) is 6. The van der Waals surface area contributed by atoms with Crippen LogP contribution in [0.3, 0.4) is 0 Å². The third kappa shape index (κ3) is 5.16. The SMILES string of the molecule is COc1ccc([C@H](CP(=O)(OC)OC)OC(=O)c2ccccc2)cc1. The van der Waals surface area contributed by atoms with Crippen molar-refractivity contribution in [2.75, 3.05) is 27.5 Å². The van der Waals surface area contributed by atoms with Gasteiger partial charge in [-0.1, -0.05) is 30.3 Å². The van der Waals surface area contributed by atoms with E-state index in [9.17, 15) is 9.36 Å². The fraction of sp³-hybridized carbons (Fsp3) is 0.278. The maximum Gasteiger partial charge on any atom is 0.338 e. The molecule has 7 heteroatoms. The van der Waals surface area contributed by atoms with Gasteiger partial charge in [0.1, 0.15) is 11.9 Å². The molecule has 134 valence electrons. The molecule has 0 bridgehead atoms. The van der Waals surface area contributed by atoms with Crippen molar-refractivity contribution in [3.63, 3.8) is 0 Å². The summed E-state index contributed by atoms with van der Waals surface area (Å²) in [6.07, 6.45) is -0.880. The van der Waals surface area contributed by atoms with E-state index in [1.54, 1.807) is 55.6 Å². The summed E-state index contributed by atoms with van der Waals surface area (Å²) < 4.78 is 33.2. The second-order valence-electron chi connectivity index (χ2n) is 5.19. The molecule has 0 aliphatic rings. The summed E-state index contributed by atoms with van der Waals surface area (Å²) in [4.78, 5) is 12.4. The predicted octanol–water partition coefficient (Wildman–Crippen LogP) is 4.08. The van der Waals surface area contributed by atoms with Crippen molar-refractivity contribution >= 4 is 13.6 Å². The molecule has 2 rings (SSSR count). The Hall–Kier alpha value is -2.14. The topological polar surface area (TPSA) is 71.1 Å². The lowest BCUT2D eigenvalue weighted by Crippen LogP contribution is -2.16. The first-order valence-corrected chi connectivity index (χ1v) is 9.34. The molecule has 0 aliphatic carbocycles. The molecule has 2 aromatic rings. The lowest BCUT2D eigenvalue weighted by atomic mass is 10.1. The van der Waals surface area contributed by atoms with Gasteiger partial charge in [0.2, 0.25) is 0 Å². The summed E-state index contributed by atoms with van der Waals surface area (Å²) in [5.74, 6) is 0.152. The second-order valence-corrected chi connectivity index (χ2v) is 7.51. The number of carbonyl (C=O) groups excluding carboxylic acids is 1. The molecule has 0 N–H and O–H groups in total. The number of benzene rings is 2. The van der Waals surface area contributed by atoms with Crippen LogP contribution >= 0.6 is 7.60 Å². The van der Waals surface area contributed by atoms with Crippen LogP contribution in [0.25, 0.3) is 0 Å². The number of esters is 1. The van der Waals surface area contributed by atoms with E-state index >= 15 is 0 Å². The Balaban J connectivity index is 2.27. The van der Waals surface area contributed by atoms with Crippen LogP contribution in [0.2, 0.25) is 0 Å². The monoisotopic (exact) mass is 364 g/mol. The van der Waals surface area contributed by atoms with Gasteiger partial charge < -0.3 is 18.5 Å². The van der Waals surface area contributed by atoms with E-state index in [-0.39, 0.29) is 6.16 Å². The molecule has 25 heavy (non-hydrogen) atoms. The van der Waals surface area contributed by atoms with E-state index in [0.717, 1.165) is 0 Å². The number of carbonyl (C=O) groups is 1. The van der Waals surface area contributed by atoms with Gasteiger partial charge in [0.25, 0.3) is 0 Å². The number of hydrogen-bond donors (Lipinski definition) is 0. The first kappa shape index (κ1) is 19.2. The maximum absolute atomic E-state index is 12.5. The first-order valence-electron chi connectivity index (χ1n) is 7.62. The van der Waals surface area contributed by atoms with Crippen molar-refractivity contribution in [3.05, 3.63) is 65.7 Å². The van der Waals surface area contributed by atoms with Gasteiger partial charge in [-0.05, 0) is 29.8 Å². The zero-order valence-electron chi connectivity index (χ0n) is 14.4. The van der Waals surface area contributed by atoms with Gasteiger partial charge in [0, 0.05) is 14.2 Å². The molecular weight excluding hydrogens is 343 g/mol. The van der Waals surface area contributed by atoms with Gasteiger partial charge in [0.05, 0.1) is 18.8 Å². The molecule has 0 radical (unpaired) electrons. The Morgan fingerprint density at radius 1 is 0.960 bits per heavy atom. The lowest BCUT2D eigenvalue weighted by Gasteiger charge is -2.22. The number of ether oxygens (including phenoxy) is 2. The number of methoxy groups -OCH3 is 1. The molecular formula is C18H21O6P. The van der Waals surface area contributed by atoms with E-state index in [1.807, 2.05) is 6.07 Å². The fourth-order valence-electron chi connectivity index (χ4n) is 2.23. The minimum absolute atomic E-state index is 0.0924. The molecule has 0 saturated heterocycles. The van der Waals surface area contributed by atoms with Gasteiger partial charge >= 0.3 is 13.6 Å². The predicted molar refractivity (Wildman–Crippen MR) is 94.1 cm³/mol. The summed E-state index contributed by atoms with van der Waals surface area (Å²) >= 11 is 0. The zero-order chi connectivity index (χ0) is 18.3. The van der Waals surface area contributed by atoms with Gasteiger partial charge in [0.15, 0.2) is 0 Å². The molecule has 0 amide bonds. The lowest BCUT2D eigenvalue weighted by molar-refractivity contribution is 0.0333. The van der Waals surface area contributed by atoms with Crippen LogP contribution in [0.1, 0.15) is 22.0 Å². The van der Waals surface area contributed by atoms with E-state index in [4.69, 9.17) is 18.5 Å². The largest absolute Gasteiger partial charge is 0.497 e. The van der Waals surface area contributed by atoms with Crippen LogP contribution in [-0.2, 0) is 18.3 Å². The smallest absolute Gasteiger partial charge is 0.338 e. The molecule has 2 aromatic carbocycles. The van der Waals surface area contributed by atoms with Crippen LogP contribution in [0.4, 0.5) is 0 Å². The van der Waals surface area contributed by atoms with Crippen LogP contribution < -0.4 is 4.74 Å². The number of rotatable bonds is 8. The molecule has 0 aliphatic heterocycles. The average Bonchev–Trinajstić information content (AvgIpc) is 2.68. The summed E-state index contributed by atoms with van der Waals surface area (Å²) in [5, 5.41) is 0. The minimum Gasteiger partial charge on any atom is -0.497 e. The molecule has 0 saturated carbocycles. The molecule has 0 heterocycles. The summed E-state index contributed by atoms with van der Waals surface area (Å²) in [6, 6.07) is 15.6. The Labute approximate surface area is 147 Å². The van der Waals surface area contributed by atoms with Crippen LogP contribution in [0.15, 0.2) is 54.6 Å². The highest BCUT2D eigenvalue weighted by molar-refractivity contribution is 7.53. The van der Waals surface area contributed by atoms with Gasteiger partial charge in [-0.15, -0.1) is 0 Å². The van der Waals surface area contributed by atoms with Crippen LogP contribution in [0.5, 0.6) is 5.75 Å². The van der Waals surface area contributed by atoms with E-state index in [2.05, 4.69) is 0 Å². The van der Waals surface area contributed by atoms with Crippen molar-refractivity contribution in [1.29, 1.82) is 0 Å². The summed E-state index contributed by atoms with van der Waals surface area (Å²) in [5.41, 5.74) is 1.07.